The van der Waals surface area contributed by atoms with E-state index in [1.807, 2.05) is 35.2 Å². The number of amides is 1. The number of sulfonamides is 1. The number of benzene rings is 2. The smallest absolute Gasteiger partial charge is 0.254 e. The van der Waals surface area contributed by atoms with Crippen molar-refractivity contribution in [3.8, 4) is 0 Å². The van der Waals surface area contributed by atoms with Gasteiger partial charge in [0.1, 0.15) is 0 Å². The molecule has 0 heterocycles. The summed E-state index contributed by atoms with van der Waals surface area (Å²) in [6, 6.07) is 16.2. The van der Waals surface area contributed by atoms with Crippen molar-refractivity contribution in [2.24, 2.45) is 0 Å². The van der Waals surface area contributed by atoms with Gasteiger partial charge < -0.3 is 4.90 Å². The molecule has 2 aromatic carbocycles. The monoisotopic (exact) mass is 372 g/mol. The summed E-state index contributed by atoms with van der Waals surface area (Å²) < 4.78 is 27.0. The van der Waals surface area contributed by atoms with Crippen molar-refractivity contribution in [1.82, 2.24) is 9.62 Å². The molecule has 6 heteroatoms. The molecule has 0 atom stereocenters. The maximum absolute atomic E-state index is 12.9. The summed E-state index contributed by atoms with van der Waals surface area (Å²) >= 11 is 0. The predicted molar refractivity (Wildman–Crippen MR) is 101 cm³/mol. The number of nitrogens with zero attached hydrogens (tertiary/aromatic N) is 1. The van der Waals surface area contributed by atoms with Crippen LogP contribution in [0.25, 0.3) is 0 Å². The van der Waals surface area contributed by atoms with Gasteiger partial charge >= 0.3 is 0 Å². The van der Waals surface area contributed by atoms with Gasteiger partial charge in [0.2, 0.25) is 10.0 Å². The molecule has 0 radical (unpaired) electrons. The molecular weight excluding hydrogens is 348 g/mol. The molecular formula is C20H24N2O3S. The van der Waals surface area contributed by atoms with E-state index in [4.69, 9.17) is 0 Å². The molecule has 1 N–H and O–H groups in total. The van der Waals surface area contributed by atoms with Gasteiger partial charge in [0.25, 0.3) is 5.91 Å². The molecule has 26 heavy (non-hydrogen) atoms. The van der Waals surface area contributed by atoms with Crippen LogP contribution in [0.4, 0.5) is 0 Å². The Bertz CT molecular complexity index is 858. The van der Waals surface area contributed by atoms with Gasteiger partial charge in [-0.2, -0.15) is 0 Å². The molecule has 0 bridgehead atoms. The largest absolute Gasteiger partial charge is 0.331 e. The quantitative estimate of drug-likeness (QED) is 0.812. The number of nitrogens with one attached hydrogen (secondary N) is 1. The summed E-state index contributed by atoms with van der Waals surface area (Å²) in [6.07, 6.45) is 2.03. The van der Waals surface area contributed by atoms with Crippen molar-refractivity contribution < 1.29 is 13.2 Å². The van der Waals surface area contributed by atoms with Crippen LogP contribution in [-0.4, -0.2) is 31.3 Å². The van der Waals surface area contributed by atoms with Gasteiger partial charge in [0.05, 0.1) is 4.90 Å². The van der Waals surface area contributed by atoms with E-state index in [1.54, 1.807) is 26.0 Å². The van der Waals surface area contributed by atoms with Crippen LogP contribution in [0.5, 0.6) is 0 Å². The SMILES string of the molecule is CC(C)NS(=O)(=O)c1ccc(C(=O)N(Cc2ccccc2)C2CC2)cc1. The summed E-state index contributed by atoms with van der Waals surface area (Å²) in [5, 5.41) is 0. The van der Waals surface area contributed by atoms with Crippen LogP contribution in [0.15, 0.2) is 59.5 Å². The zero-order valence-corrected chi connectivity index (χ0v) is 15.9. The highest BCUT2D eigenvalue weighted by atomic mass is 32.2. The van der Waals surface area contributed by atoms with Crippen molar-refractivity contribution >= 4 is 15.9 Å². The van der Waals surface area contributed by atoms with Gasteiger partial charge in [0.15, 0.2) is 0 Å². The van der Waals surface area contributed by atoms with Crippen LogP contribution in [0, 0.1) is 0 Å². The van der Waals surface area contributed by atoms with Gasteiger partial charge in [-0.25, -0.2) is 13.1 Å². The van der Waals surface area contributed by atoms with Crippen molar-refractivity contribution in [2.45, 2.75) is 50.2 Å². The first kappa shape index (κ1) is 18.6. The Morgan fingerprint density at radius 1 is 1.08 bits per heavy atom. The first-order valence-electron chi connectivity index (χ1n) is 8.84. The predicted octanol–water partition coefficient (Wildman–Crippen LogP) is 3.18. The van der Waals surface area contributed by atoms with E-state index in [2.05, 4.69) is 4.72 Å². The number of rotatable bonds is 7. The minimum Gasteiger partial charge on any atom is -0.331 e. The van der Waals surface area contributed by atoms with Crippen LogP contribution < -0.4 is 4.72 Å². The topological polar surface area (TPSA) is 66.5 Å². The Labute approximate surface area is 155 Å². The van der Waals surface area contributed by atoms with Crippen LogP contribution in [0.1, 0.15) is 42.6 Å². The van der Waals surface area contributed by atoms with E-state index >= 15 is 0 Å². The number of hydrogen-bond acceptors (Lipinski definition) is 3. The Morgan fingerprint density at radius 3 is 2.23 bits per heavy atom. The Balaban J connectivity index is 1.78. The summed E-state index contributed by atoms with van der Waals surface area (Å²) in [4.78, 5) is 15.0. The van der Waals surface area contributed by atoms with Crippen molar-refractivity contribution in [3.05, 3.63) is 65.7 Å². The van der Waals surface area contributed by atoms with E-state index < -0.39 is 10.0 Å². The van der Waals surface area contributed by atoms with Crippen LogP contribution >= 0.6 is 0 Å². The fourth-order valence-electron chi connectivity index (χ4n) is 2.85. The highest BCUT2D eigenvalue weighted by Crippen LogP contribution is 2.30. The maximum atomic E-state index is 12.9. The van der Waals surface area contributed by atoms with Gasteiger partial charge in [-0.1, -0.05) is 30.3 Å². The van der Waals surface area contributed by atoms with Crippen molar-refractivity contribution in [1.29, 1.82) is 0 Å². The lowest BCUT2D eigenvalue weighted by Gasteiger charge is -2.23. The average Bonchev–Trinajstić information content (AvgIpc) is 3.44. The standard InChI is InChI=1S/C20H24N2O3S/c1-15(2)21-26(24,25)19-12-8-17(9-13-19)20(23)22(18-10-11-18)14-16-6-4-3-5-7-16/h3-9,12-13,15,18,21H,10-11,14H2,1-2H3. The van der Waals surface area contributed by atoms with E-state index in [0.29, 0.717) is 12.1 Å². The number of hydrogen-bond donors (Lipinski definition) is 1. The van der Waals surface area contributed by atoms with Gasteiger partial charge in [-0.05, 0) is 56.5 Å². The van der Waals surface area contributed by atoms with Crippen molar-refractivity contribution in [3.63, 3.8) is 0 Å². The van der Waals surface area contributed by atoms with E-state index in [9.17, 15) is 13.2 Å². The molecule has 1 aliphatic rings. The molecule has 1 aliphatic carbocycles. The summed E-state index contributed by atoms with van der Waals surface area (Å²) in [6.45, 7) is 4.11. The van der Waals surface area contributed by atoms with Gasteiger partial charge in [-0.3, -0.25) is 4.79 Å². The minimum atomic E-state index is -3.55. The summed E-state index contributed by atoms with van der Waals surface area (Å²) in [7, 11) is -3.55. The number of carbonyl (C=O) groups excluding carboxylic acids is 1. The van der Waals surface area contributed by atoms with Crippen molar-refractivity contribution in [2.75, 3.05) is 0 Å². The molecule has 2 aromatic rings. The zero-order chi connectivity index (χ0) is 18.7. The molecule has 0 unspecified atom stereocenters. The second kappa shape index (κ2) is 7.60. The first-order chi connectivity index (χ1) is 12.4. The highest BCUT2D eigenvalue weighted by molar-refractivity contribution is 7.89. The molecule has 1 amide bonds. The molecule has 138 valence electrons. The molecule has 5 nitrogen and oxygen atoms in total. The second-order valence-corrected chi connectivity index (χ2v) is 8.66. The third kappa shape index (κ3) is 4.51. The van der Waals surface area contributed by atoms with Crippen LogP contribution in [-0.2, 0) is 16.6 Å². The van der Waals surface area contributed by atoms with E-state index in [-0.39, 0.29) is 22.9 Å². The molecule has 0 saturated heterocycles. The van der Waals surface area contributed by atoms with E-state index in [0.717, 1.165) is 18.4 Å². The second-order valence-electron chi connectivity index (χ2n) is 6.95. The molecule has 0 aliphatic heterocycles. The summed E-state index contributed by atoms with van der Waals surface area (Å²) in [5.41, 5.74) is 1.60. The molecule has 0 spiro atoms. The third-order valence-electron chi connectivity index (χ3n) is 4.25. The van der Waals surface area contributed by atoms with Crippen LogP contribution in [0.2, 0.25) is 0 Å². The zero-order valence-electron chi connectivity index (χ0n) is 15.1. The molecule has 1 fully saturated rings. The molecule has 0 aromatic heterocycles. The lowest BCUT2D eigenvalue weighted by atomic mass is 10.1. The fourth-order valence-corrected chi connectivity index (χ4v) is 4.10. The third-order valence-corrected chi connectivity index (χ3v) is 5.92. The maximum Gasteiger partial charge on any atom is 0.254 e. The van der Waals surface area contributed by atoms with Gasteiger partial charge in [-0.15, -0.1) is 0 Å². The average molecular weight is 372 g/mol. The normalized spacial score (nSPS) is 14.4. The highest BCUT2D eigenvalue weighted by Gasteiger charge is 2.33. The Morgan fingerprint density at radius 2 is 1.69 bits per heavy atom. The number of carbonyl (C=O) groups is 1. The molecule has 3 rings (SSSR count). The minimum absolute atomic E-state index is 0.0582. The molecule has 1 saturated carbocycles. The van der Waals surface area contributed by atoms with E-state index in [1.165, 1.54) is 12.1 Å². The van der Waals surface area contributed by atoms with Crippen LogP contribution in [0.3, 0.4) is 0 Å². The Kier molecular flexibility index (Phi) is 5.44. The fraction of sp³-hybridized carbons (Fsp3) is 0.350. The lowest BCUT2D eigenvalue weighted by Crippen LogP contribution is -2.33. The first-order valence-corrected chi connectivity index (χ1v) is 10.3. The van der Waals surface area contributed by atoms with Gasteiger partial charge in [0, 0.05) is 24.2 Å². The lowest BCUT2D eigenvalue weighted by molar-refractivity contribution is 0.0730. The Hall–Kier alpha value is -2.18. The summed E-state index contributed by atoms with van der Waals surface area (Å²) in [5.74, 6) is -0.0582.